The molecule has 0 bridgehead atoms. The Labute approximate surface area is 133 Å². The van der Waals surface area contributed by atoms with Crippen molar-refractivity contribution >= 4 is 5.91 Å². The number of hydrogen-bond acceptors (Lipinski definition) is 3. The Balaban J connectivity index is 1.86. The van der Waals surface area contributed by atoms with Gasteiger partial charge in [-0.3, -0.25) is 9.69 Å². The summed E-state index contributed by atoms with van der Waals surface area (Å²) in [5.74, 6) is -0.280. The smallest absolute Gasteiger partial charge is 0.406 e. The highest BCUT2D eigenvalue weighted by atomic mass is 19.4. The van der Waals surface area contributed by atoms with Crippen LogP contribution in [0.25, 0.3) is 0 Å². The monoisotopic (exact) mass is 330 g/mol. The first-order chi connectivity index (χ1) is 10.7. The van der Waals surface area contributed by atoms with E-state index in [2.05, 4.69) is 23.5 Å². The quantitative estimate of drug-likeness (QED) is 0.851. The second kappa shape index (κ2) is 7.21. The van der Waals surface area contributed by atoms with Crippen LogP contribution < -0.4 is 4.74 Å². The fourth-order valence-corrected chi connectivity index (χ4v) is 2.58. The first-order valence-electron chi connectivity index (χ1n) is 7.61. The third-order valence-corrected chi connectivity index (χ3v) is 3.91. The second-order valence-corrected chi connectivity index (χ2v) is 5.88. The van der Waals surface area contributed by atoms with Gasteiger partial charge >= 0.3 is 6.36 Å². The Kier molecular flexibility index (Phi) is 5.51. The lowest BCUT2D eigenvalue weighted by Gasteiger charge is -2.37. The lowest BCUT2D eigenvalue weighted by Crippen LogP contribution is -2.51. The van der Waals surface area contributed by atoms with Gasteiger partial charge in [0.15, 0.2) is 0 Å². The van der Waals surface area contributed by atoms with Gasteiger partial charge in [0, 0.05) is 32.2 Å². The number of ether oxygens (including phenoxy) is 1. The predicted octanol–water partition coefficient (Wildman–Crippen LogP) is 2.68. The summed E-state index contributed by atoms with van der Waals surface area (Å²) >= 11 is 0. The summed E-state index contributed by atoms with van der Waals surface area (Å²) in [5, 5.41) is 0. The van der Waals surface area contributed by atoms with E-state index in [1.54, 1.807) is 4.90 Å². The van der Waals surface area contributed by atoms with Gasteiger partial charge in [-0.25, -0.2) is 0 Å². The van der Waals surface area contributed by atoms with Crippen LogP contribution >= 0.6 is 0 Å². The average Bonchev–Trinajstić information content (AvgIpc) is 2.48. The molecule has 0 radical (unpaired) electrons. The molecule has 1 fully saturated rings. The third kappa shape index (κ3) is 5.42. The molecule has 4 nitrogen and oxygen atoms in total. The van der Waals surface area contributed by atoms with Crippen LogP contribution in [0.2, 0.25) is 0 Å². The maximum absolute atomic E-state index is 12.3. The van der Waals surface area contributed by atoms with Crippen LogP contribution in [-0.2, 0) is 11.2 Å². The highest BCUT2D eigenvalue weighted by molar-refractivity contribution is 5.78. The van der Waals surface area contributed by atoms with Crippen LogP contribution in [0.15, 0.2) is 24.3 Å². The molecular formula is C16H21F3N2O2. The lowest BCUT2D eigenvalue weighted by atomic mass is 10.1. The van der Waals surface area contributed by atoms with Gasteiger partial charge < -0.3 is 9.64 Å². The van der Waals surface area contributed by atoms with E-state index in [9.17, 15) is 18.0 Å². The highest BCUT2D eigenvalue weighted by Crippen LogP contribution is 2.23. The number of carbonyl (C=O) groups is 1. The van der Waals surface area contributed by atoms with Crippen LogP contribution in [0.1, 0.15) is 19.4 Å². The number of nitrogens with zero attached hydrogens (tertiary/aromatic N) is 2. The zero-order valence-corrected chi connectivity index (χ0v) is 13.3. The van der Waals surface area contributed by atoms with Crippen LogP contribution in [0.4, 0.5) is 13.2 Å². The molecule has 0 atom stereocenters. The Morgan fingerprint density at radius 2 is 1.70 bits per heavy atom. The molecule has 23 heavy (non-hydrogen) atoms. The fraction of sp³-hybridized carbons (Fsp3) is 0.562. The maximum atomic E-state index is 12.3. The van der Waals surface area contributed by atoms with Crippen molar-refractivity contribution in [3.63, 3.8) is 0 Å². The largest absolute Gasteiger partial charge is 0.573 e. The number of amides is 1. The molecule has 2 rings (SSSR count). The summed E-state index contributed by atoms with van der Waals surface area (Å²) in [6.07, 6.45) is -4.51. The summed E-state index contributed by atoms with van der Waals surface area (Å²) in [6.45, 7) is 7.33. The summed E-state index contributed by atoms with van der Waals surface area (Å²) in [4.78, 5) is 16.4. The Morgan fingerprint density at radius 1 is 1.13 bits per heavy atom. The highest BCUT2D eigenvalue weighted by Gasteiger charge is 2.31. The first kappa shape index (κ1) is 17.6. The number of rotatable bonds is 4. The van der Waals surface area contributed by atoms with Gasteiger partial charge in [-0.2, -0.15) is 0 Å². The van der Waals surface area contributed by atoms with Gasteiger partial charge in [-0.05, 0) is 31.5 Å². The lowest BCUT2D eigenvalue weighted by molar-refractivity contribution is -0.274. The molecule has 0 unspecified atom stereocenters. The minimum Gasteiger partial charge on any atom is -0.406 e. The van der Waals surface area contributed by atoms with E-state index in [1.807, 2.05) is 0 Å². The summed E-state index contributed by atoms with van der Waals surface area (Å²) in [7, 11) is 0. The third-order valence-electron chi connectivity index (χ3n) is 3.91. The minimum absolute atomic E-state index is 0.00195. The topological polar surface area (TPSA) is 32.8 Å². The molecule has 1 heterocycles. The van der Waals surface area contributed by atoms with Crippen LogP contribution in [-0.4, -0.2) is 54.3 Å². The molecule has 0 aliphatic carbocycles. The van der Waals surface area contributed by atoms with Crippen molar-refractivity contribution in [2.45, 2.75) is 32.7 Å². The van der Waals surface area contributed by atoms with Crippen molar-refractivity contribution in [2.75, 3.05) is 26.2 Å². The van der Waals surface area contributed by atoms with E-state index >= 15 is 0 Å². The van der Waals surface area contributed by atoms with Crippen molar-refractivity contribution in [3.05, 3.63) is 29.8 Å². The van der Waals surface area contributed by atoms with Gasteiger partial charge in [-0.1, -0.05) is 12.1 Å². The number of halogens is 3. The van der Waals surface area contributed by atoms with Gasteiger partial charge in [0.2, 0.25) is 5.91 Å². The van der Waals surface area contributed by atoms with Crippen LogP contribution in [0.3, 0.4) is 0 Å². The van der Waals surface area contributed by atoms with E-state index in [4.69, 9.17) is 0 Å². The Morgan fingerprint density at radius 3 is 2.17 bits per heavy atom. The normalized spacial score (nSPS) is 16.7. The number of carbonyl (C=O) groups excluding carboxylic acids is 1. The van der Waals surface area contributed by atoms with Gasteiger partial charge in [-0.15, -0.1) is 13.2 Å². The van der Waals surface area contributed by atoms with Gasteiger partial charge in [0.1, 0.15) is 5.75 Å². The molecule has 1 amide bonds. The zero-order chi connectivity index (χ0) is 17.0. The first-order valence-corrected chi connectivity index (χ1v) is 7.61. The molecule has 1 aliphatic rings. The molecule has 0 saturated carbocycles. The summed E-state index contributed by atoms with van der Waals surface area (Å²) in [5.41, 5.74) is 0.677. The van der Waals surface area contributed by atoms with E-state index in [0.717, 1.165) is 13.1 Å². The molecule has 0 aromatic heterocycles. The minimum atomic E-state index is -4.70. The SMILES string of the molecule is CC(C)N1CCN(C(=O)Cc2ccc(OC(F)(F)F)cc2)CC1. The molecule has 7 heteroatoms. The number of piperazine rings is 1. The average molecular weight is 330 g/mol. The summed E-state index contributed by atoms with van der Waals surface area (Å²) < 4.78 is 40.1. The van der Waals surface area contributed by atoms with Gasteiger partial charge in [0.25, 0.3) is 0 Å². The molecule has 0 spiro atoms. The maximum Gasteiger partial charge on any atom is 0.573 e. The van der Waals surface area contributed by atoms with Gasteiger partial charge in [0.05, 0.1) is 6.42 Å². The van der Waals surface area contributed by atoms with Crippen LogP contribution in [0, 0.1) is 0 Å². The Bertz CT molecular complexity index is 521. The van der Waals surface area contributed by atoms with E-state index in [1.165, 1.54) is 24.3 Å². The number of hydrogen-bond donors (Lipinski definition) is 0. The molecule has 1 aliphatic heterocycles. The van der Waals surface area contributed by atoms with Crippen molar-refractivity contribution in [1.82, 2.24) is 9.80 Å². The van der Waals surface area contributed by atoms with Crippen molar-refractivity contribution in [1.29, 1.82) is 0 Å². The molecule has 1 saturated heterocycles. The molecule has 0 N–H and O–H groups in total. The summed E-state index contributed by atoms with van der Waals surface area (Å²) in [6, 6.07) is 5.90. The van der Waals surface area contributed by atoms with Crippen molar-refractivity contribution < 1.29 is 22.7 Å². The zero-order valence-electron chi connectivity index (χ0n) is 13.3. The molecule has 128 valence electrons. The number of alkyl halides is 3. The van der Waals surface area contributed by atoms with E-state index < -0.39 is 6.36 Å². The van der Waals surface area contributed by atoms with E-state index in [0.29, 0.717) is 24.7 Å². The van der Waals surface area contributed by atoms with Crippen LogP contribution in [0.5, 0.6) is 5.75 Å². The Hall–Kier alpha value is -1.76. The van der Waals surface area contributed by atoms with Crippen molar-refractivity contribution in [2.24, 2.45) is 0 Å². The predicted molar refractivity (Wildman–Crippen MR) is 80.1 cm³/mol. The number of benzene rings is 1. The molecular weight excluding hydrogens is 309 g/mol. The standard InChI is InChI=1S/C16H21F3N2O2/c1-12(2)20-7-9-21(10-8-20)15(22)11-13-3-5-14(6-4-13)23-16(17,18)19/h3-6,12H,7-11H2,1-2H3. The van der Waals surface area contributed by atoms with Crippen molar-refractivity contribution in [3.8, 4) is 5.75 Å². The molecule has 1 aromatic carbocycles. The fourth-order valence-electron chi connectivity index (χ4n) is 2.58. The van der Waals surface area contributed by atoms with E-state index in [-0.39, 0.29) is 18.1 Å². The second-order valence-electron chi connectivity index (χ2n) is 5.88. The molecule has 1 aromatic rings.